The molecule has 134 valence electrons. The number of aromatic carboxylic acids is 1. The van der Waals surface area contributed by atoms with Crippen molar-refractivity contribution in [2.45, 2.75) is 71.6 Å². The lowest BCUT2D eigenvalue weighted by molar-refractivity contribution is -0.139. The molecule has 24 heavy (non-hydrogen) atoms. The summed E-state index contributed by atoms with van der Waals surface area (Å²) >= 11 is 0. The predicted octanol–water partition coefficient (Wildman–Crippen LogP) is 3.28. The Morgan fingerprint density at radius 3 is 2.79 bits per heavy atom. The number of carbonyl (C=O) groups is 2. The molecule has 1 fully saturated rings. The molecule has 1 aliphatic carbocycles. The second kappa shape index (κ2) is 8.33. The highest BCUT2D eigenvalue weighted by atomic mass is 16.5. The van der Waals surface area contributed by atoms with Crippen LogP contribution >= 0.6 is 0 Å². The topological polar surface area (TPSA) is 88.8 Å². The molecular weight excluding hydrogens is 310 g/mol. The van der Waals surface area contributed by atoms with Crippen LogP contribution in [-0.4, -0.2) is 29.2 Å². The third-order valence-electron chi connectivity index (χ3n) is 4.54. The fraction of sp³-hybridized carbons (Fsp3) is 0.667. The normalized spacial score (nSPS) is 22.1. The highest BCUT2D eigenvalue weighted by Crippen LogP contribution is 2.27. The minimum absolute atomic E-state index is 0.124. The zero-order valence-electron chi connectivity index (χ0n) is 14.6. The van der Waals surface area contributed by atoms with Crippen molar-refractivity contribution in [1.29, 1.82) is 0 Å². The number of ether oxygens (including phenoxy) is 1. The van der Waals surface area contributed by atoms with E-state index in [1.807, 2.05) is 6.92 Å². The van der Waals surface area contributed by atoms with Crippen molar-refractivity contribution >= 4 is 11.9 Å². The van der Waals surface area contributed by atoms with E-state index < -0.39 is 12.1 Å². The summed E-state index contributed by atoms with van der Waals surface area (Å²) in [5, 5.41) is 11.8. The molecule has 3 atom stereocenters. The van der Waals surface area contributed by atoms with Crippen LogP contribution in [0.1, 0.15) is 67.8 Å². The number of nitrogens with one attached hydrogen (secondary N) is 1. The molecule has 0 bridgehead atoms. The van der Waals surface area contributed by atoms with Gasteiger partial charge in [0.25, 0.3) is 0 Å². The average molecular weight is 337 g/mol. The molecule has 0 spiro atoms. The molecule has 1 heterocycles. The second-order valence-electron chi connectivity index (χ2n) is 6.63. The first-order chi connectivity index (χ1) is 11.4. The van der Waals surface area contributed by atoms with Gasteiger partial charge in [0, 0.05) is 0 Å². The van der Waals surface area contributed by atoms with Crippen LogP contribution in [0.15, 0.2) is 10.5 Å². The fourth-order valence-electron chi connectivity index (χ4n) is 3.21. The highest BCUT2D eigenvalue weighted by Gasteiger charge is 2.26. The number of aryl methyl sites for hydroxylation is 1. The van der Waals surface area contributed by atoms with Gasteiger partial charge in [-0.15, -0.1) is 0 Å². The molecule has 6 heteroatoms. The van der Waals surface area contributed by atoms with E-state index in [1.165, 1.54) is 12.5 Å². The maximum atomic E-state index is 12.3. The SMILES string of the molecule is CCC(OC1CCCC(C)C1)C(=O)NCc1cc(C(=O)O)c(C)o1. The monoisotopic (exact) mass is 337 g/mol. The van der Waals surface area contributed by atoms with Gasteiger partial charge in [-0.05, 0) is 38.2 Å². The molecule has 6 nitrogen and oxygen atoms in total. The molecule has 1 aromatic heterocycles. The number of rotatable bonds is 7. The lowest BCUT2D eigenvalue weighted by atomic mass is 9.88. The zero-order valence-corrected chi connectivity index (χ0v) is 14.6. The van der Waals surface area contributed by atoms with Crippen LogP contribution < -0.4 is 5.32 Å². The third-order valence-corrected chi connectivity index (χ3v) is 4.54. The summed E-state index contributed by atoms with van der Waals surface area (Å²) in [6, 6.07) is 1.45. The molecule has 1 aliphatic rings. The number of furan rings is 1. The van der Waals surface area contributed by atoms with Gasteiger partial charge in [0.05, 0.1) is 12.6 Å². The number of carbonyl (C=O) groups excluding carboxylic acids is 1. The van der Waals surface area contributed by atoms with Gasteiger partial charge in [0.2, 0.25) is 5.91 Å². The maximum absolute atomic E-state index is 12.3. The Kier molecular flexibility index (Phi) is 6.43. The number of hydrogen-bond donors (Lipinski definition) is 2. The standard InChI is InChI=1S/C18H27NO5/c1-4-16(24-13-7-5-6-11(2)8-13)17(20)19-10-14-9-15(18(21)22)12(3)23-14/h9,11,13,16H,4-8,10H2,1-3H3,(H,19,20)(H,21,22). The van der Waals surface area contributed by atoms with Gasteiger partial charge < -0.3 is 19.6 Å². The van der Waals surface area contributed by atoms with Gasteiger partial charge in [-0.25, -0.2) is 4.79 Å². The van der Waals surface area contributed by atoms with Gasteiger partial charge in [-0.3, -0.25) is 4.79 Å². The van der Waals surface area contributed by atoms with Gasteiger partial charge in [0.15, 0.2) is 0 Å². The largest absolute Gasteiger partial charge is 0.478 e. The van der Waals surface area contributed by atoms with Crippen molar-refractivity contribution in [2.75, 3.05) is 0 Å². The quantitative estimate of drug-likeness (QED) is 0.797. The first-order valence-corrected chi connectivity index (χ1v) is 8.66. The summed E-state index contributed by atoms with van der Waals surface area (Å²) in [7, 11) is 0. The van der Waals surface area contributed by atoms with Crippen LogP contribution in [0.25, 0.3) is 0 Å². The van der Waals surface area contributed by atoms with Crippen LogP contribution in [0.2, 0.25) is 0 Å². The van der Waals surface area contributed by atoms with Crippen LogP contribution in [0.5, 0.6) is 0 Å². The van der Waals surface area contributed by atoms with Crippen molar-refractivity contribution < 1.29 is 23.8 Å². The minimum atomic E-state index is -1.03. The molecular formula is C18H27NO5. The summed E-state index contributed by atoms with van der Waals surface area (Å²) in [4.78, 5) is 23.3. The van der Waals surface area contributed by atoms with E-state index in [-0.39, 0.29) is 24.1 Å². The Labute approximate surface area is 142 Å². The number of amides is 1. The number of carboxylic acid groups (broad SMARTS) is 1. The van der Waals surface area contributed by atoms with Gasteiger partial charge in [0.1, 0.15) is 23.2 Å². The van der Waals surface area contributed by atoms with Crippen LogP contribution in [0.3, 0.4) is 0 Å². The highest BCUT2D eigenvalue weighted by molar-refractivity contribution is 5.88. The Bertz CT molecular complexity index is 580. The van der Waals surface area contributed by atoms with E-state index in [4.69, 9.17) is 14.3 Å². The van der Waals surface area contributed by atoms with Crippen molar-refractivity contribution in [1.82, 2.24) is 5.32 Å². The first-order valence-electron chi connectivity index (χ1n) is 8.66. The molecule has 1 amide bonds. The van der Waals surface area contributed by atoms with Crippen LogP contribution in [0.4, 0.5) is 0 Å². The Balaban J connectivity index is 1.87. The van der Waals surface area contributed by atoms with E-state index in [0.717, 1.165) is 19.3 Å². The smallest absolute Gasteiger partial charge is 0.339 e. The molecule has 0 saturated heterocycles. The number of carboxylic acids is 1. The Morgan fingerprint density at radius 2 is 2.21 bits per heavy atom. The molecule has 1 saturated carbocycles. The van der Waals surface area contributed by atoms with Crippen molar-refractivity contribution in [2.24, 2.45) is 5.92 Å². The summed E-state index contributed by atoms with van der Waals surface area (Å²) < 4.78 is 11.4. The first kappa shape index (κ1) is 18.5. The van der Waals surface area contributed by atoms with Crippen molar-refractivity contribution in [3.05, 3.63) is 23.2 Å². The number of hydrogen-bond acceptors (Lipinski definition) is 4. The summed E-state index contributed by atoms with van der Waals surface area (Å²) in [5.74, 6) is 0.201. The lowest BCUT2D eigenvalue weighted by Crippen LogP contribution is -2.39. The fourth-order valence-corrected chi connectivity index (χ4v) is 3.21. The molecule has 0 radical (unpaired) electrons. The lowest BCUT2D eigenvalue weighted by Gasteiger charge is -2.29. The van der Waals surface area contributed by atoms with E-state index >= 15 is 0 Å². The molecule has 0 aromatic carbocycles. The second-order valence-corrected chi connectivity index (χ2v) is 6.63. The molecule has 2 N–H and O–H groups in total. The van der Waals surface area contributed by atoms with Crippen molar-refractivity contribution in [3.8, 4) is 0 Å². The third kappa shape index (κ3) is 4.84. The minimum Gasteiger partial charge on any atom is -0.478 e. The molecule has 1 aromatic rings. The summed E-state index contributed by atoms with van der Waals surface area (Å²) in [5.41, 5.74) is 0.124. The average Bonchev–Trinajstić information content (AvgIpc) is 2.91. The zero-order chi connectivity index (χ0) is 17.7. The van der Waals surface area contributed by atoms with Gasteiger partial charge in [-0.2, -0.15) is 0 Å². The van der Waals surface area contributed by atoms with Gasteiger partial charge in [-0.1, -0.05) is 26.7 Å². The summed E-state index contributed by atoms with van der Waals surface area (Å²) in [6.45, 7) is 5.90. The van der Waals surface area contributed by atoms with Gasteiger partial charge >= 0.3 is 5.97 Å². The van der Waals surface area contributed by atoms with E-state index in [0.29, 0.717) is 23.9 Å². The molecule has 0 aliphatic heterocycles. The predicted molar refractivity (Wildman–Crippen MR) is 88.8 cm³/mol. The molecule has 3 unspecified atom stereocenters. The summed E-state index contributed by atoms with van der Waals surface area (Å²) in [6.07, 6.45) is 4.66. The Morgan fingerprint density at radius 1 is 1.46 bits per heavy atom. The van der Waals surface area contributed by atoms with Crippen LogP contribution in [-0.2, 0) is 16.1 Å². The molecule has 2 rings (SSSR count). The van der Waals surface area contributed by atoms with E-state index in [2.05, 4.69) is 12.2 Å². The Hall–Kier alpha value is -1.82. The maximum Gasteiger partial charge on any atom is 0.339 e. The van der Waals surface area contributed by atoms with E-state index in [1.54, 1.807) is 6.92 Å². The van der Waals surface area contributed by atoms with Crippen molar-refractivity contribution in [3.63, 3.8) is 0 Å². The van der Waals surface area contributed by atoms with Crippen LogP contribution in [0, 0.1) is 12.8 Å². The van der Waals surface area contributed by atoms with E-state index in [9.17, 15) is 9.59 Å².